The number of rotatable bonds is 6. The fraction of sp³-hybridized carbons (Fsp3) is 0.200. The maximum atomic E-state index is 12.0. The first-order valence-corrected chi connectivity index (χ1v) is 8.22. The monoisotopic (exact) mass is 336 g/mol. The van der Waals surface area contributed by atoms with E-state index in [2.05, 4.69) is 10.3 Å². The number of anilines is 1. The summed E-state index contributed by atoms with van der Waals surface area (Å²) in [4.78, 5) is 16.1. The van der Waals surface area contributed by atoms with Gasteiger partial charge in [0.25, 0.3) is 0 Å². The van der Waals surface area contributed by atoms with Gasteiger partial charge in [-0.15, -0.1) is 0 Å². The number of carbonyl (C=O) groups is 1. The van der Waals surface area contributed by atoms with Crippen molar-refractivity contribution in [2.24, 2.45) is 0 Å². The van der Waals surface area contributed by atoms with Crippen LogP contribution < -0.4 is 5.32 Å². The van der Waals surface area contributed by atoms with Crippen molar-refractivity contribution < 1.29 is 14.6 Å². The topological polar surface area (TPSA) is 71.5 Å². The molecule has 0 fully saturated rings. The normalized spacial score (nSPS) is 11.9. The van der Waals surface area contributed by atoms with Crippen molar-refractivity contribution in [3.8, 4) is 0 Å². The van der Waals surface area contributed by atoms with Gasteiger partial charge < -0.3 is 15.2 Å². The molecule has 3 aromatic rings. The maximum absolute atomic E-state index is 12.0. The summed E-state index contributed by atoms with van der Waals surface area (Å²) >= 11 is 0. The van der Waals surface area contributed by atoms with E-state index in [1.165, 1.54) is 0 Å². The number of hydrogen-bond donors (Lipinski definition) is 2. The van der Waals surface area contributed by atoms with E-state index in [-0.39, 0.29) is 6.54 Å². The first kappa shape index (κ1) is 16.9. The Balaban J connectivity index is 1.73. The highest BCUT2D eigenvalue weighted by molar-refractivity contribution is 5.94. The Labute approximate surface area is 146 Å². The van der Waals surface area contributed by atoms with E-state index in [4.69, 9.17) is 4.74 Å². The molecule has 128 valence electrons. The van der Waals surface area contributed by atoms with Crippen LogP contribution in [0.4, 0.5) is 5.82 Å². The molecule has 1 unspecified atom stereocenters. The minimum Gasteiger partial charge on any atom is -0.462 e. The van der Waals surface area contributed by atoms with Crippen LogP contribution in [0.5, 0.6) is 0 Å². The lowest BCUT2D eigenvalue weighted by molar-refractivity contribution is 0.0527. The van der Waals surface area contributed by atoms with Crippen molar-refractivity contribution in [3.63, 3.8) is 0 Å². The molecule has 0 aliphatic heterocycles. The van der Waals surface area contributed by atoms with Crippen molar-refractivity contribution in [3.05, 3.63) is 71.9 Å². The predicted octanol–water partition coefficient (Wildman–Crippen LogP) is 3.56. The summed E-state index contributed by atoms with van der Waals surface area (Å²) in [6.45, 7) is 2.29. The van der Waals surface area contributed by atoms with Crippen LogP contribution in [0.1, 0.15) is 28.9 Å². The van der Waals surface area contributed by atoms with Gasteiger partial charge in [0.15, 0.2) is 0 Å². The van der Waals surface area contributed by atoms with Crippen LogP contribution in [0.15, 0.2) is 60.8 Å². The average molecular weight is 336 g/mol. The molecule has 0 aliphatic carbocycles. The molecule has 0 saturated heterocycles. The third kappa shape index (κ3) is 3.95. The van der Waals surface area contributed by atoms with Gasteiger partial charge in [0.1, 0.15) is 11.4 Å². The van der Waals surface area contributed by atoms with E-state index < -0.39 is 12.1 Å². The molecule has 0 radical (unpaired) electrons. The number of nitrogens with zero attached hydrogens (tertiary/aromatic N) is 1. The fourth-order valence-electron chi connectivity index (χ4n) is 2.65. The Morgan fingerprint density at radius 3 is 2.76 bits per heavy atom. The lowest BCUT2D eigenvalue weighted by atomic mass is 10.0. The van der Waals surface area contributed by atoms with Gasteiger partial charge in [-0.2, -0.15) is 0 Å². The second-order valence-corrected chi connectivity index (χ2v) is 5.62. The number of aromatic nitrogens is 1. The Morgan fingerprint density at radius 1 is 1.16 bits per heavy atom. The largest absolute Gasteiger partial charge is 0.462 e. The number of aliphatic hydroxyl groups is 1. The zero-order valence-electron chi connectivity index (χ0n) is 14.0. The molecule has 0 aliphatic rings. The molecular weight excluding hydrogens is 316 g/mol. The summed E-state index contributed by atoms with van der Waals surface area (Å²) in [6.07, 6.45) is 0.870. The molecule has 2 N–H and O–H groups in total. The smallest absolute Gasteiger partial charge is 0.341 e. The number of fused-ring (bicyclic) bond motifs is 1. The lowest BCUT2D eigenvalue weighted by Gasteiger charge is -2.15. The minimum atomic E-state index is -0.721. The molecule has 0 spiro atoms. The van der Waals surface area contributed by atoms with E-state index in [1.807, 2.05) is 42.5 Å². The highest BCUT2D eigenvalue weighted by atomic mass is 16.5. The fourth-order valence-corrected chi connectivity index (χ4v) is 2.65. The highest BCUT2D eigenvalue weighted by Crippen LogP contribution is 2.21. The summed E-state index contributed by atoms with van der Waals surface area (Å²) < 4.78 is 5.03. The second-order valence-electron chi connectivity index (χ2n) is 5.62. The average Bonchev–Trinajstić information content (AvgIpc) is 2.66. The summed E-state index contributed by atoms with van der Waals surface area (Å²) in [6, 6.07) is 17.2. The third-order valence-corrected chi connectivity index (χ3v) is 3.92. The highest BCUT2D eigenvalue weighted by Gasteiger charge is 2.15. The molecule has 0 bridgehead atoms. The molecule has 1 aromatic heterocycles. The number of hydrogen-bond acceptors (Lipinski definition) is 5. The number of nitrogens with one attached hydrogen (secondary N) is 1. The summed E-state index contributed by atoms with van der Waals surface area (Å²) in [5.41, 5.74) is 1.16. The van der Waals surface area contributed by atoms with Crippen LogP contribution in [-0.2, 0) is 4.74 Å². The molecule has 2 aromatic carbocycles. The number of carbonyl (C=O) groups excluding carboxylic acids is 1. The number of aliphatic hydroxyl groups excluding tert-OH is 1. The van der Waals surface area contributed by atoms with Crippen molar-refractivity contribution in [1.29, 1.82) is 0 Å². The number of ether oxygens (including phenoxy) is 1. The van der Waals surface area contributed by atoms with Crippen molar-refractivity contribution in [2.75, 3.05) is 18.5 Å². The van der Waals surface area contributed by atoms with Crippen LogP contribution in [0, 0.1) is 0 Å². The van der Waals surface area contributed by atoms with Crippen molar-refractivity contribution in [2.45, 2.75) is 13.0 Å². The standard InChI is InChI=1S/C20H20N2O3/c1-2-25-20(24)17-8-5-11-21-19(17)22-13-18(23)16-10-9-14-6-3-4-7-15(14)12-16/h3-12,18,23H,2,13H2,1H3,(H,21,22). The Bertz CT molecular complexity index is 879. The van der Waals surface area contributed by atoms with Crippen LogP contribution in [0.2, 0.25) is 0 Å². The van der Waals surface area contributed by atoms with Crippen molar-refractivity contribution >= 4 is 22.6 Å². The van der Waals surface area contributed by atoms with Gasteiger partial charge in [0, 0.05) is 12.7 Å². The first-order valence-electron chi connectivity index (χ1n) is 8.22. The van der Waals surface area contributed by atoms with Gasteiger partial charge in [-0.25, -0.2) is 9.78 Å². The van der Waals surface area contributed by atoms with Crippen LogP contribution in [0.25, 0.3) is 10.8 Å². The molecule has 3 rings (SSSR count). The number of esters is 1. The van der Waals surface area contributed by atoms with Crippen LogP contribution in [0.3, 0.4) is 0 Å². The quantitative estimate of drug-likeness (QED) is 0.674. The van der Waals surface area contributed by atoms with E-state index in [0.29, 0.717) is 18.0 Å². The molecule has 5 heteroatoms. The van der Waals surface area contributed by atoms with Gasteiger partial charge in [-0.05, 0) is 41.5 Å². The van der Waals surface area contributed by atoms with Gasteiger partial charge in [0.05, 0.1) is 12.7 Å². The Kier molecular flexibility index (Phi) is 5.26. The number of pyridine rings is 1. The van der Waals surface area contributed by atoms with Crippen LogP contribution >= 0.6 is 0 Å². The summed E-state index contributed by atoms with van der Waals surface area (Å²) in [5.74, 6) is -0.0286. The SMILES string of the molecule is CCOC(=O)c1cccnc1NCC(O)c1ccc2ccccc2c1. The lowest BCUT2D eigenvalue weighted by Crippen LogP contribution is -2.16. The molecule has 5 nitrogen and oxygen atoms in total. The molecule has 25 heavy (non-hydrogen) atoms. The Morgan fingerprint density at radius 2 is 1.96 bits per heavy atom. The predicted molar refractivity (Wildman–Crippen MR) is 97.6 cm³/mol. The van der Waals surface area contributed by atoms with Gasteiger partial charge in [-0.1, -0.05) is 36.4 Å². The van der Waals surface area contributed by atoms with E-state index in [1.54, 1.807) is 25.3 Å². The first-order chi connectivity index (χ1) is 12.2. The van der Waals surface area contributed by atoms with E-state index in [0.717, 1.165) is 16.3 Å². The molecule has 0 saturated carbocycles. The van der Waals surface area contributed by atoms with E-state index in [9.17, 15) is 9.90 Å². The third-order valence-electron chi connectivity index (χ3n) is 3.92. The van der Waals surface area contributed by atoms with Gasteiger partial charge in [-0.3, -0.25) is 0 Å². The second kappa shape index (κ2) is 7.77. The van der Waals surface area contributed by atoms with Gasteiger partial charge in [0.2, 0.25) is 0 Å². The molecule has 1 atom stereocenters. The molecular formula is C20H20N2O3. The number of benzene rings is 2. The molecule has 1 heterocycles. The zero-order chi connectivity index (χ0) is 17.6. The summed E-state index contributed by atoms with van der Waals surface area (Å²) in [5, 5.41) is 15.7. The Hall–Kier alpha value is -2.92. The van der Waals surface area contributed by atoms with Gasteiger partial charge >= 0.3 is 5.97 Å². The summed E-state index contributed by atoms with van der Waals surface area (Å²) in [7, 11) is 0. The van der Waals surface area contributed by atoms with Crippen molar-refractivity contribution in [1.82, 2.24) is 4.98 Å². The molecule has 0 amide bonds. The maximum Gasteiger partial charge on any atom is 0.341 e. The van der Waals surface area contributed by atoms with E-state index >= 15 is 0 Å². The van der Waals surface area contributed by atoms with Crippen LogP contribution in [-0.4, -0.2) is 29.2 Å². The minimum absolute atomic E-state index is 0.238. The zero-order valence-corrected chi connectivity index (χ0v) is 14.0.